The van der Waals surface area contributed by atoms with E-state index in [1.165, 1.54) is 17.2 Å². The zero-order valence-corrected chi connectivity index (χ0v) is 17.1. The molecule has 0 atom stereocenters. The topological polar surface area (TPSA) is 73.1 Å². The SMILES string of the molecule is O=C(c1cccnc1)N(Cc1cc(F)c2ccc(Cl)nc2c1)c1cnn2c1OCCC2. The minimum absolute atomic E-state index is 0.0941. The van der Waals surface area contributed by atoms with Crippen molar-refractivity contribution >= 4 is 34.1 Å². The highest BCUT2D eigenvalue weighted by Crippen LogP contribution is 2.33. The molecule has 1 amide bonds. The first-order valence-electron chi connectivity index (χ1n) is 9.75. The molecule has 1 aliphatic heterocycles. The zero-order chi connectivity index (χ0) is 21.4. The molecule has 5 rings (SSSR count). The number of hydrogen-bond acceptors (Lipinski definition) is 5. The van der Waals surface area contributed by atoms with Gasteiger partial charge in [-0.2, -0.15) is 5.10 Å². The number of halogens is 2. The Morgan fingerprint density at radius 3 is 3.00 bits per heavy atom. The molecule has 0 N–H and O–H groups in total. The molecule has 4 heterocycles. The van der Waals surface area contributed by atoms with Crippen LogP contribution < -0.4 is 9.64 Å². The van der Waals surface area contributed by atoms with Crippen molar-refractivity contribution in [2.75, 3.05) is 11.5 Å². The number of carbonyl (C=O) groups is 1. The van der Waals surface area contributed by atoms with E-state index in [0.29, 0.717) is 46.7 Å². The van der Waals surface area contributed by atoms with Crippen molar-refractivity contribution in [3.63, 3.8) is 0 Å². The molecule has 1 aliphatic rings. The van der Waals surface area contributed by atoms with Gasteiger partial charge in [0.25, 0.3) is 5.91 Å². The van der Waals surface area contributed by atoms with Gasteiger partial charge in [0.1, 0.15) is 16.7 Å². The van der Waals surface area contributed by atoms with E-state index in [4.69, 9.17) is 16.3 Å². The van der Waals surface area contributed by atoms with Crippen LogP contribution in [-0.2, 0) is 13.1 Å². The van der Waals surface area contributed by atoms with Crippen LogP contribution in [-0.4, -0.2) is 32.3 Å². The standard InChI is InChI=1S/C22H17ClFN5O2/c23-20-5-4-16-17(24)9-14(10-18(16)27-20)13-28(21(30)15-3-1-6-25-11-15)19-12-26-29-7-2-8-31-22(19)29/h1,3-6,9-12H,2,7-8,13H2. The predicted molar refractivity (Wildman–Crippen MR) is 114 cm³/mol. The number of benzene rings is 1. The number of aromatic nitrogens is 4. The molecule has 156 valence electrons. The van der Waals surface area contributed by atoms with Crippen molar-refractivity contribution in [1.82, 2.24) is 19.7 Å². The molecule has 3 aromatic heterocycles. The van der Waals surface area contributed by atoms with Gasteiger partial charge in [0, 0.05) is 30.7 Å². The first kappa shape index (κ1) is 19.4. The minimum atomic E-state index is -0.432. The first-order chi connectivity index (χ1) is 15.1. The minimum Gasteiger partial charge on any atom is -0.476 e. The maximum atomic E-state index is 14.7. The van der Waals surface area contributed by atoms with E-state index in [2.05, 4.69) is 15.1 Å². The normalized spacial score (nSPS) is 13.0. The molecule has 0 fully saturated rings. The number of ether oxygens (including phenoxy) is 1. The maximum absolute atomic E-state index is 14.7. The summed E-state index contributed by atoms with van der Waals surface area (Å²) in [7, 11) is 0. The van der Waals surface area contributed by atoms with Gasteiger partial charge < -0.3 is 4.74 Å². The number of nitrogens with zero attached hydrogens (tertiary/aromatic N) is 5. The van der Waals surface area contributed by atoms with Gasteiger partial charge in [0.2, 0.25) is 5.88 Å². The second kappa shape index (κ2) is 7.96. The third kappa shape index (κ3) is 3.70. The van der Waals surface area contributed by atoms with Crippen LogP contribution in [0.5, 0.6) is 5.88 Å². The number of anilines is 1. The average molecular weight is 438 g/mol. The summed E-state index contributed by atoms with van der Waals surface area (Å²) in [6, 6.07) is 9.63. The summed E-state index contributed by atoms with van der Waals surface area (Å²) >= 11 is 5.99. The summed E-state index contributed by atoms with van der Waals surface area (Å²) in [6.07, 6.45) is 5.53. The predicted octanol–water partition coefficient (Wildman–Crippen LogP) is 4.25. The van der Waals surface area contributed by atoms with Gasteiger partial charge in [-0.05, 0) is 42.0 Å². The number of fused-ring (bicyclic) bond motifs is 2. The van der Waals surface area contributed by atoms with Gasteiger partial charge >= 0.3 is 0 Å². The van der Waals surface area contributed by atoms with Crippen LogP contribution in [0.15, 0.2) is 55.0 Å². The summed E-state index contributed by atoms with van der Waals surface area (Å²) < 4.78 is 22.3. The van der Waals surface area contributed by atoms with Crippen LogP contribution in [0, 0.1) is 5.82 Å². The van der Waals surface area contributed by atoms with Crippen molar-refractivity contribution < 1.29 is 13.9 Å². The van der Waals surface area contributed by atoms with E-state index in [1.54, 1.807) is 47.4 Å². The van der Waals surface area contributed by atoms with E-state index in [9.17, 15) is 9.18 Å². The molecular formula is C22H17ClFN5O2. The Morgan fingerprint density at radius 2 is 2.16 bits per heavy atom. The van der Waals surface area contributed by atoms with Crippen LogP contribution in [0.1, 0.15) is 22.3 Å². The van der Waals surface area contributed by atoms with Crippen LogP contribution in [0.4, 0.5) is 10.1 Å². The fourth-order valence-corrected chi connectivity index (χ4v) is 3.80. The number of pyridine rings is 2. The van der Waals surface area contributed by atoms with Gasteiger partial charge in [0.05, 0.1) is 30.4 Å². The largest absolute Gasteiger partial charge is 0.476 e. The van der Waals surface area contributed by atoms with Crippen LogP contribution in [0.25, 0.3) is 10.9 Å². The lowest BCUT2D eigenvalue weighted by atomic mass is 10.1. The van der Waals surface area contributed by atoms with E-state index >= 15 is 0 Å². The van der Waals surface area contributed by atoms with E-state index in [0.717, 1.165) is 6.42 Å². The summed E-state index contributed by atoms with van der Waals surface area (Å²) in [4.78, 5) is 23.2. The maximum Gasteiger partial charge on any atom is 0.260 e. The van der Waals surface area contributed by atoms with Gasteiger partial charge in [-0.3, -0.25) is 14.7 Å². The van der Waals surface area contributed by atoms with Crippen molar-refractivity contribution in [1.29, 1.82) is 0 Å². The summed E-state index contributed by atoms with van der Waals surface area (Å²) in [5.74, 6) is -0.206. The summed E-state index contributed by atoms with van der Waals surface area (Å²) in [5, 5.41) is 4.99. The highest BCUT2D eigenvalue weighted by molar-refractivity contribution is 6.29. The molecule has 31 heavy (non-hydrogen) atoms. The van der Waals surface area contributed by atoms with Crippen LogP contribution in [0.2, 0.25) is 5.15 Å². The Balaban J connectivity index is 1.59. The lowest BCUT2D eigenvalue weighted by Gasteiger charge is -2.24. The molecule has 1 aromatic carbocycles. The third-order valence-corrected chi connectivity index (χ3v) is 5.30. The lowest BCUT2D eigenvalue weighted by molar-refractivity contribution is 0.0983. The molecule has 4 aromatic rings. The van der Waals surface area contributed by atoms with E-state index < -0.39 is 5.82 Å². The fraction of sp³-hybridized carbons (Fsp3) is 0.182. The Kier molecular flexibility index (Phi) is 4.99. The Bertz CT molecular complexity index is 1280. The highest BCUT2D eigenvalue weighted by Gasteiger charge is 2.27. The lowest BCUT2D eigenvalue weighted by Crippen LogP contribution is -2.31. The molecule has 0 aliphatic carbocycles. The Labute approximate surface area is 182 Å². The molecule has 0 bridgehead atoms. The van der Waals surface area contributed by atoms with Crippen molar-refractivity contribution in [3.05, 3.63) is 77.1 Å². The molecule has 0 saturated carbocycles. The van der Waals surface area contributed by atoms with Gasteiger partial charge in [-0.25, -0.2) is 14.1 Å². The number of carbonyl (C=O) groups excluding carboxylic acids is 1. The molecule has 7 nitrogen and oxygen atoms in total. The second-order valence-corrected chi connectivity index (χ2v) is 7.56. The number of rotatable bonds is 4. The van der Waals surface area contributed by atoms with Gasteiger partial charge in [0.15, 0.2) is 0 Å². The van der Waals surface area contributed by atoms with E-state index in [1.807, 2.05) is 0 Å². The molecule has 0 saturated heterocycles. The molecule has 0 radical (unpaired) electrons. The quantitative estimate of drug-likeness (QED) is 0.446. The average Bonchev–Trinajstić information content (AvgIpc) is 3.21. The first-order valence-corrected chi connectivity index (χ1v) is 10.1. The van der Waals surface area contributed by atoms with Crippen molar-refractivity contribution in [2.45, 2.75) is 19.5 Å². The summed E-state index contributed by atoms with van der Waals surface area (Å²) in [5.41, 5.74) is 1.91. The Hall–Kier alpha value is -3.52. The second-order valence-electron chi connectivity index (χ2n) is 7.17. The van der Waals surface area contributed by atoms with E-state index in [-0.39, 0.29) is 17.6 Å². The van der Waals surface area contributed by atoms with Gasteiger partial charge in [-0.1, -0.05) is 11.6 Å². The molecule has 9 heteroatoms. The smallest absolute Gasteiger partial charge is 0.260 e. The molecule has 0 unspecified atom stereocenters. The number of amides is 1. The van der Waals surface area contributed by atoms with Crippen LogP contribution >= 0.6 is 11.6 Å². The third-order valence-electron chi connectivity index (χ3n) is 5.09. The number of hydrogen-bond donors (Lipinski definition) is 0. The fourth-order valence-electron chi connectivity index (χ4n) is 3.65. The zero-order valence-electron chi connectivity index (χ0n) is 16.3. The summed E-state index contributed by atoms with van der Waals surface area (Å²) in [6.45, 7) is 1.34. The van der Waals surface area contributed by atoms with Crippen molar-refractivity contribution in [2.24, 2.45) is 0 Å². The number of aryl methyl sites for hydroxylation is 1. The van der Waals surface area contributed by atoms with Crippen LogP contribution in [0.3, 0.4) is 0 Å². The molecule has 0 spiro atoms. The molecular weight excluding hydrogens is 421 g/mol. The van der Waals surface area contributed by atoms with Crippen molar-refractivity contribution in [3.8, 4) is 5.88 Å². The van der Waals surface area contributed by atoms with Gasteiger partial charge in [-0.15, -0.1) is 0 Å². The monoisotopic (exact) mass is 437 g/mol. The highest BCUT2D eigenvalue weighted by atomic mass is 35.5. The Morgan fingerprint density at radius 1 is 1.26 bits per heavy atom.